The fourth-order valence-electron chi connectivity index (χ4n) is 2.87. The highest BCUT2D eigenvalue weighted by Crippen LogP contribution is 2.20. The summed E-state index contributed by atoms with van der Waals surface area (Å²) < 4.78 is 14.8. The van der Waals surface area contributed by atoms with E-state index in [2.05, 4.69) is 25.7 Å². The number of aromatic nitrogens is 4. The van der Waals surface area contributed by atoms with Crippen LogP contribution in [0.15, 0.2) is 67.3 Å². The Morgan fingerprint density at radius 1 is 1.11 bits per heavy atom. The van der Waals surface area contributed by atoms with Crippen LogP contribution in [0.25, 0.3) is 16.6 Å². The largest absolute Gasteiger partial charge is 0.331 e. The third-order valence-electron chi connectivity index (χ3n) is 4.32. The molecule has 0 aliphatic heterocycles. The van der Waals surface area contributed by atoms with E-state index >= 15 is 0 Å². The van der Waals surface area contributed by atoms with Crippen molar-refractivity contribution in [1.29, 1.82) is 0 Å². The van der Waals surface area contributed by atoms with Gasteiger partial charge in [-0.2, -0.15) is 5.10 Å². The third-order valence-corrected chi connectivity index (χ3v) is 4.32. The zero-order valence-electron chi connectivity index (χ0n) is 15.0. The zero-order chi connectivity index (χ0) is 19.5. The van der Waals surface area contributed by atoms with Crippen LogP contribution in [-0.2, 0) is 0 Å². The van der Waals surface area contributed by atoms with Crippen molar-refractivity contribution in [3.63, 3.8) is 0 Å². The minimum atomic E-state index is -0.398. The monoisotopic (exact) mass is 376 g/mol. The number of carbonyl (C=O) groups is 1. The summed E-state index contributed by atoms with van der Waals surface area (Å²) in [5.41, 5.74) is 2.49. The summed E-state index contributed by atoms with van der Waals surface area (Å²) in [5, 5.41) is 10.7. The van der Waals surface area contributed by atoms with Crippen molar-refractivity contribution in [3.8, 4) is 5.69 Å². The summed E-state index contributed by atoms with van der Waals surface area (Å²) >= 11 is 0. The number of pyridine rings is 2. The third kappa shape index (κ3) is 3.66. The summed E-state index contributed by atoms with van der Waals surface area (Å²) in [6, 6.07) is 10.8. The molecule has 1 atom stereocenters. The van der Waals surface area contributed by atoms with Gasteiger partial charge in [-0.3, -0.25) is 10.3 Å². The van der Waals surface area contributed by atoms with Gasteiger partial charge in [0.25, 0.3) is 0 Å². The van der Waals surface area contributed by atoms with E-state index in [9.17, 15) is 9.18 Å². The van der Waals surface area contributed by atoms with Gasteiger partial charge in [0.2, 0.25) is 0 Å². The topological polar surface area (TPSA) is 84.7 Å². The Balaban J connectivity index is 1.47. The van der Waals surface area contributed by atoms with E-state index < -0.39 is 6.03 Å². The van der Waals surface area contributed by atoms with Crippen molar-refractivity contribution in [2.45, 2.75) is 13.0 Å². The molecule has 1 aromatic carbocycles. The van der Waals surface area contributed by atoms with Crippen molar-refractivity contribution < 1.29 is 9.18 Å². The minimum Gasteiger partial charge on any atom is -0.331 e. The number of hydrogen-bond acceptors (Lipinski definition) is 4. The fourth-order valence-corrected chi connectivity index (χ4v) is 2.87. The summed E-state index contributed by atoms with van der Waals surface area (Å²) in [6.07, 6.45) is 6.75. The van der Waals surface area contributed by atoms with E-state index in [0.29, 0.717) is 5.82 Å². The van der Waals surface area contributed by atoms with Gasteiger partial charge >= 0.3 is 6.03 Å². The van der Waals surface area contributed by atoms with Gasteiger partial charge < -0.3 is 5.32 Å². The standard InChI is InChI=1S/C20H17FN6O/c1-13(14-2-4-16(21)5-3-14)25-20(28)26-19-10-15-11-24-27(18(15)12-23-19)17-6-8-22-9-7-17/h2-13H,1H3,(H2,23,25,26,28). The van der Waals surface area contributed by atoms with Crippen LogP contribution in [-0.4, -0.2) is 25.8 Å². The maximum absolute atomic E-state index is 13.0. The van der Waals surface area contributed by atoms with Crippen LogP contribution in [0.5, 0.6) is 0 Å². The first-order valence-corrected chi connectivity index (χ1v) is 8.67. The number of nitrogens with zero attached hydrogens (tertiary/aromatic N) is 4. The lowest BCUT2D eigenvalue weighted by atomic mass is 10.1. The quantitative estimate of drug-likeness (QED) is 0.567. The molecule has 0 saturated carbocycles. The highest BCUT2D eigenvalue weighted by atomic mass is 19.1. The van der Waals surface area contributed by atoms with Crippen molar-refractivity contribution in [2.24, 2.45) is 0 Å². The van der Waals surface area contributed by atoms with Crippen molar-refractivity contribution >= 4 is 22.8 Å². The van der Waals surface area contributed by atoms with Crippen LogP contribution >= 0.6 is 0 Å². The van der Waals surface area contributed by atoms with E-state index in [-0.39, 0.29) is 11.9 Å². The molecule has 0 fully saturated rings. The summed E-state index contributed by atoms with van der Waals surface area (Å²) in [5.74, 6) is 0.0933. The number of rotatable bonds is 4. The summed E-state index contributed by atoms with van der Waals surface area (Å²) in [6.45, 7) is 1.82. The molecule has 4 aromatic rings. The molecule has 0 aliphatic rings. The predicted octanol–water partition coefficient (Wildman–Crippen LogP) is 3.84. The molecule has 3 aromatic heterocycles. The van der Waals surface area contributed by atoms with Crippen molar-refractivity contribution in [1.82, 2.24) is 25.1 Å². The van der Waals surface area contributed by atoms with Gasteiger partial charge in [-0.15, -0.1) is 0 Å². The van der Waals surface area contributed by atoms with E-state index in [4.69, 9.17) is 0 Å². The molecular weight excluding hydrogens is 359 g/mol. The molecule has 2 amide bonds. The molecule has 0 bridgehead atoms. The second-order valence-corrected chi connectivity index (χ2v) is 6.26. The molecule has 0 spiro atoms. The molecule has 140 valence electrons. The SMILES string of the molecule is CC(NC(=O)Nc1cc2cnn(-c3ccncc3)c2cn1)c1ccc(F)cc1. The molecule has 8 heteroatoms. The Morgan fingerprint density at radius 2 is 1.86 bits per heavy atom. The zero-order valence-corrected chi connectivity index (χ0v) is 15.0. The van der Waals surface area contributed by atoms with Gasteiger partial charge in [0, 0.05) is 17.8 Å². The molecule has 0 radical (unpaired) electrons. The Labute approximate surface area is 160 Å². The number of anilines is 1. The number of amides is 2. The average molecular weight is 376 g/mol. The lowest BCUT2D eigenvalue weighted by Gasteiger charge is -2.14. The highest BCUT2D eigenvalue weighted by molar-refractivity contribution is 5.91. The molecule has 7 nitrogen and oxygen atoms in total. The summed E-state index contributed by atoms with van der Waals surface area (Å²) in [7, 11) is 0. The first-order valence-electron chi connectivity index (χ1n) is 8.67. The van der Waals surface area contributed by atoms with E-state index in [1.54, 1.807) is 47.7 Å². The summed E-state index contributed by atoms with van der Waals surface area (Å²) in [4.78, 5) is 20.6. The number of hydrogen-bond donors (Lipinski definition) is 2. The number of urea groups is 1. The minimum absolute atomic E-state index is 0.279. The van der Waals surface area contributed by atoms with Crippen LogP contribution in [0.2, 0.25) is 0 Å². The van der Waals surface area contributed by atoms with Crippen molar-refractivity contribution in [2.75, 3.05) is 5.32 Å². The Hall–Kier alpha value is -3.81. The van der Waals surface area contributed by atoms with Gasteiger partial charge in [-0.25, -0.2) is 18.9 Å². The van der Waals surface area contributed by atoms with Crippen molar-refractivity contribution in [3.05, 3.63) is 78.6 Å². The molecule has 4 rings (SSSR count). The van der Waals surface area contributed by atoms with E-state index in [1.807, 2.05) is 19.1 Å². The molecule has 28 heavy (non-hydrogen) atoms. The number of carbonyl (C=O) groups excluding carboxylic acids is 1. The van der Waals surface area contributed by atoms with Crippen LogP contribution in [0.1, 0.15) is 18.5 Å². The Kier molecular flexibility index (Phi) is 4.67. The molecule has 0 saturated heterocycles. The molecule has 2 N–H and O–H groups in total. The fraction of sp³-hybridized carbons (Fsp3) is 0.100. The van der Waals surface area contributed by atoms with Gasteiger partial charge in [-0.05, 0) is 42.8 Å². The Morgan fingerprint density at radius 3 is 2.61 bits per heavy atom. The van der Waals surface area contributed by atoms with Gasteiger partial charge in [0.1, 0.15) is 11.6 Å². The number of fused-ring (bicyclic) bond motifs is 1. The number of nitrogens with one attached hydrogen (secondary N) is 2. The lowest BCUT2D eigenvalue weighted by Crippen LogP contribution is -2.31. The molecule has 0 aliphatic carbocycles. The van der Waals surface area contributed by atoms with Crippen LogP contribution in [0.4, 0.5) is 15.0 Å². The second kappa shape index (κ2) is 7.43. The molecule has 3 heterocycles. The van der Waals surface area contributed by atoms with Gasteiger partial charge in [-0.1, -0.05) is 12.1 Å². The first-order chi connectivity index (χ1) is 13.6. The van der Waals surface area contributed by atoms with Crippen LogP contribution < -0.4 is 10.6 Å². The highest BCUT2D eigenvalue weighted by Gasteiger charge is 2.12. The van der Waals surface area contributed by atoms with Crippen LogP contribution in [0.3, 0.4) is 0 Å². The van der Waals surface area contributed by atoms with E-state index in [0.717, 1.165) is 22.2 Å². The number of halogens is 1. The first kappa shape index (κ1) is 17.6. The van der Waals surface area contributed by atoms with Gasteiger partial charge in [0.05, 0.1) is 29.6 Å². The second-order valence-electron chi connectivity index (χ2n) is 6.26. The molecular formula is C20H17FN6O. The average Bonchev–Trinajstić information content (AvgIpc) is 3.12. The number of benzene rings is 1. The predicted molar refractivity (Wildman–Crippen MR) is 104 cm³/mol. The van der Waals surface area contributed by atoms with Gasteiger partial charge in [0.15, 0.2) is 0 Å². The van der Waals surface area contributed by atoms with E-state index in [1.165, 1.54) is 12.1 Å². The smallest absolute Gasteiger partial charge is 0.320 e. The molecule has 1 unspecified atom stereocenters. The maximum atomic E-state index is 13.0. The normalized spacial score (nSPS) is 11.9. The lowest BCUT2D eigenvalue weighted by molar-refractivity contribution is 0.249. The Bertz CT molecular complexity index is 1110. The van der Waals surface area contributed by atoms with Crippen LogP contribution in [0, 0.1) is 5.82 Å². The maximum Gasteiger partial charge on any atom is 0.320 e.